The van der Waals surface area contributed by atoms with Crippen LogP contribution in [-0.4, -0.2) is 49.6 Å². The molecule has 3 aromatic rings. The number of rotatable bonds is 7. The summed E-state index contributed by atoms with van der Waals surface area (Å²) >= 11 is 3.49. The topological polar surface area (TPSA) is 87.1 Å². The van der Waals surface area contributed by atoms with Crippen molar-refractivity contribution in [2.24, 2.45) is 11.8 Å². The molecule has 2 aromatic carbocycles. The van der Waals surface area contributed by atoms with Crippen molar-refractivity contribution in [3.63, 3.8) is 0 Å². The largest absolute Gasteiger partial charge is 0.495 e. The fourth-order valence-corrected chi connectivity index (χ4v) is 5.77. The molecular formula is C28H28BrNO6. The van der Waals surface area contributed by atoms with Crippen LogP contribution in [0.4, 0.5) is 0 Å². The number of benzene rings is 2. The zero-order valence-electron chi connectivity index (χ0n) is 20.1. The molecular weight excluding hydrogens is 526 g/mol. The monoisotopic (exact) mass is 553 g/mol. The van der Waals surface area contributed by atoms with Gasteiger partial charge in [-0.2, -0.15) is 0 Å². The van der Waals surface area contributed by atoms with Crippen LogP contribution in [0.1, 0.15) is 22.6 Å². The Morgan fingerprint density at radius 1 is 1.14 bits per heavy atom. The SMILES string of the molecule is COC(=O)C([C@H](Cc1ccc(Br)cc1)c1ccccc1)C1(O)c2c(OC)cncc2OCC2OCC21. The van der Waals surface area contributed by atoms with Gasteiger partial charge in [0, 0.05) is 16.3 Å². The zero-order valence-corrected chi connectivity index (χ0v) is 21.7. The first-order chi connectivity index (χ1) is 17.5. The third kappa shape index (κ3) is 4.27. The Hall–Kier alpha value is -2.94. The van der Waals surface area contributed by atoms with Gasteiger partial charge in [0.1, 0.15) is 23.7 Å². The van der Waals surface area contributed by atoms with Gasteiger partial charge in [-0.05, 0) is 29.7 Å². The van der Waals surface area contributed by atoms with Gasteiger partial charge in [0.05, 0.1) is 50.8 Å². The predicted octanol–water partition coefficient (Wildman–Crippen LogP) is 4.26. The van der Waals surface area contributed by atoms with Gasteiger partial charge in [0.15, 0.2) is 0 Å². The van der Waals surface area contributed by atoms with Crippen LogP contribution in [0, 0.1) is 11.8 Å². The van der Waals surface area contributed by atoms with E-state index in [-0.39, 0.29) is 19.3 Å². The highest BCUT2D eigenvalue weighted by Crippen LogP contribution is 2.55. The molecule has 0 aliphatic carbocycles. The maximum atomic E-state index is 13.7. The summed E-state index contributed by atoms with van der Waals surface area (Å²) in [6, 6.07) is 17.7. The Balaban J connectivity index is 1.73. The first-order valence-electron chi connectivity index (χ1n) is 11.8. The number of esters is 1. The number of ether oxygens (including phenoxy) is 4. The summed E-state index contributed by atoms with van der Waals surface area (Å²) in [4.78, 5) is 18.0. The number of aliphatic hydroxyl groups is 1. The molecule has 0 bridgehead atoms. The number of halogens is 1. The average Bonchev–Trinajstić information content (AvgIpc) is 2.96. The molecule has 1 N–H and O–H groups in total. The van der Waals surface area contributed by atoms with Gasteiger partial charge in [-0.1, -0.05) is 58.4 Å². The van der Waals surface area contributed by atoms with Crippen molar-refractivity contribution in [1.29, 1.82) is 0 Å². The van der Waals surface area contributed by atoms with Crippen molar-refractivity contribution in [2.45, 2.75) is 24.0 Å². The molecule has 36 heavy (non-hydrogen) atoms. The van der Waals surface area contributed by atoms with Crippen molar-refractivity contribution in [3.8, 4) is 11.5 Å². The molecule has 7 nitrogen and oxygen atoms in total. The second-order valence-electron chi connectivity index (χ2n) is 9.18. The smallest absolute Gasteiger partial charge is 0.312 e. The number of carbonyl (C=O) groups excluding carboxylic acids is 1. The van der Waals surface area contributed by atoms with Crippen molar-refractivity contribution in [2.75, 3.05) is 27.4 Å². The van der Waals surface area contributed by atoms with E-state index in [2.05, 4.69) is 20.9 Å². The fraction of sp³-hybridized carbons (Fsp3) is 0.357. The van der Waals surface area contributed by atoms with Crippen molar-refractivity contribution >= 4 is 21.9 Å². The summed E-state index contributed by atoms with van der Waals surface area (Å²) in [7, 11) is 2.87. The minimum Gasteiger partial charge on any atom is -0.495 e. The first kappa shape index (κ1) is 24.7. The van der Waals surface area contributed by atoms with Gasteiger partial charge >= 0.3 is 5.97 Å². The number of hydrogen-bond acceptors (Lipinski definition) is 7. The highest BCUT2D eigenvalue weighted by molar-refractivity contribution is 9.10. The normalized spacial score (nSPS) is 24.1. The summed E-state index contributed by atoms with van der Waals surface area (Å²) in [5, 5.41) is 12.8. The minimum atomic E-state index is -1.70. The maximum absolute atomic E-state index is 13.7. The standard InChI is InChI=1S/C28H28BrNO6/c1-33-22-13-30-14-23-26(22)28(32,21-15-35-24(21)16-36-23)25(27(31)34-2)20(18-6-4-3-5-7-18)12-17-8-10-19(29)11-9-17/h3-11,13-14,20-21,24-25,32H,12,15-16H2,1-2H3/t20-,21?,24?,25?,28?/m1/s1. The fourth-order valence-electron chi connectivity index (χ4n) is 5.51. The molecule has 188 valence electrons. The van der Waals surface area contributed by atoms with E-state index in [1.165, 1.54) is 20.4 Å². The molecule has 1 fully saturated rings. The number of fused-ring (bicyclic) bond motifs is 2. The summed E-state index contributed by atoms with van der Waals surface area (Å²) in [6.07, 6.45) is 3.20. The summed E-state index contributed by atoms with van der Waals surface area (Å²) in [5.41, 5.74) is 0.646. The number of methoxy groups -OCH3 is 2. The van der Waals surface area contributed by atoms with Crippen LogP contribution in [0.3, 0.4) is 0 Å². The van der Waals surface area contributed by atoms with E-state index in [4.69, 9.17) is 18.9 Å². The van der Waals surface area contributed by atoms with E-state index in [1.54, 1.807) is 6.20 Å². The van der Waals surface area contributed by atoms with Gasteiger partial charge < -0.3 is 24.1 Å². The maximum Gasteiger partial charge on any atom is 0.312 e. The van der Waals surface area contributed by atoms with Crippen LogP contribution in [0.25, 0.3) is 0 Å². The quantitative estimate of drug-likeness (QED) is 0.437. The van der Waals surface area contributed by atoms with E-state index in [9.17, 15) is 9.90 Å². The Morgan fingerprint density at radius 2 is 1.89 bits per heavy atom. The van der Waals surface area contributed by atoms with Crippen LogP contribution in [0.5, 0.6) is 11.5 Å². The number of nitrogens with zero attached hydrogens (tertiary/aromatic N) is 1. The first-order valence-corrected chi connectivity index (χ1v) is 12.6. The lowest BCUT2D eigenvalue weighted by atomic mass is 9.62. The van der Waals surface area contributed by atoms with Crippen molar-refractivity contribution in [1.82, 2.24) is 4.98 Å². The van der Waals surface area contributed by atoms with E-state index >= 15 is 0 Å². The average molecular weight is 554 g/mol. The van der Waals surface area contributed by atoms with E-state index in [0.717, 1.165) is 15.6 Å². The second kappa shape index (κ2) is 10.2. The third-order valence-corrected chi connectivity index (χ3v) is 7.86. The molecule has 0 spiro atoms. The lowest BCUT2D eigenvalue weighted by Gasteiger charge is -2.49. The molecule has 5 atom stereocenters. The number of pyridine rings is 1. The van der Waals surface area contributed by atoms with Crippen molar-refractivity contribution in [3.05, 3.63) is 88.2 Å². The van der Waals surface area contributed by atoms with Crippen molar-refractivity contribution < 1.29 is 28.8 Å². The Kier molecular flexibility index (Phi) is 7.01. The molecule has 0 amide bonds. The molecule has 1 saturated heterocycles. The van der Waals surface area contributed by atoms with E-state index < -0.39 is 29.3 Å². The van der Waals surface area contributed by atoms with Crippen LogP contribution >= 0.6 is 15.9 Å². The highest BCUT2D eigenvalue weighted by Gasteiger charge is 2.61. The lowest BCUT2D eigenvalue weighted by molar-refractivity contribution is -0.229. The molecule has 5 rings (SSSR count). The predicted molar refractivity (Wildman–Crippen MR) is 136 cm³/mol. The van der Waals surface area contributed by atoms with E-state index in [1.807, 2.05) is 54.6 Å². The van der Waals surface area contributed by atoms with E-state index in [0.29, 0.717) is 23.5 Å². The minimum absolute atomic E-state index is 0.242. The zero-order chi connectivity index (χ0) is 25.3. The van der Waals surface area contributed by atoms with Crippen LogP contribution in [0.2, 0.25) is 0 Å². The molecule has 4 unspecified atom stereocenters. The summed E-state index contributed by atoms with van der Waals surface area (Å²) in [5.74, 6) is -1.60. The lowest BCUT2D eigenvalue weighted by Crippen LogP contribution is -2.59. The molecule has 3 heterocycles. The molecule has 2 aliphatic heterocycles. The molecule has 8 heteroatoms. The number of carbonyl (C=O) groups is 1. The van der Waals surface area contributed by atoms with Crippen LogP contribution in [0.15, 0.2) is 71.5 Å². The third-order valence-electron chi connectivity index (χ3n) is 7.33. The Labute approximate surface area is 218 Å². The molecule has 1 aromatic heterocycles. The van der Waals surface area contributed by atoms with Gasteiger partial charge in [-0.25, -0.2) is 0 Å². The van der Waals surface area contributed by atoms with Gasteiger partial charge in [0.2, 0.25) is 0 Å². The van der Waals surface area contributed by atoms with Gasteiger partial charge in [-0.15, -0.1) is 0 Å². The molecule has 0 saturated carbocycles. The second-order valence-corrected chi connectivity index (χ2v) is 10.1. The molecule has 2 aliphatic rings. The Bertz CT molecular complexity index is 1220. The summed E-state index contributed by atoms with van der Waals surface area (Å²) in [6.45, 7) is 0.522. The van der Waals surface area contributed by atoms with Gasteiger partial charge in [0.25, 0.3) is 0 Å². The van der Waals surface area contributed by atoms with Crippen LogP contribution in [-0.2, 0) is 26.3 Å². The Morgan fingerprint density at radius 3 is 2.53 bits per heavy atom. The highest BCUT2D eigenvalue weighted by atomic mass is 79.9. The van der Waals surface area contributed by atoms with Gasteiger partial charge in [-0.3, -0.25) is 9.78 Å². The number of aromatic nitrogens is 1. The van der Waals surface area contributed by atoms with Crippen LogP contribution < -0.4 is 9.47 Å². The summed E-state index contributed by atoms with van der Waals surface area (Å²) < 4.78 is 23.8. The molecule has 0 radical (unpaired) electrons. The number of hydrogen-bond donors (Lipinski definition) is 1.